The lowest BCUT2D eigenvalue weighted by atomic mass is 10.0. The Hall–Kier alpha value is -2.01. The maximum absolute atomic E-state index is 12.6. The lowest BCUT2D eigenvalue weighted by Gasteiger charge is -2.26. The average Bonchev–Trinajstić information content (AvgIpc) is 3.11. The van der Waals surface area contributed by atoms with Crippen molar-refractivity contribution < 1.29 is 14.1 Å². The quantitative estimate of drug-likeness (QED) is 0.607. The van der Waals surface area contributed by atoms with E-state index in [9.17, 15) is 4.79 Å². The SMILES string of the molecule is CCCCC(CC)COC(=O)N1CCc2noc(-c3ccc(Cl)cc3)c2C1. The number of rotatable bonds is 7. The van der Waals surface area contributed by atoms with Crippen molar-refractivity contribution in [3.05, 3.63) is 40.5 Å². The third kappa shape index (κ3) is 4.83. The summed E-state index contributed by atoms with van der Waals surface area (Å²) in [6.07, 6.45) is 4.91. The molecular weight excluding hydrogens is 364 g/mol. The van der Waals surface area contributed by atoms with Crippen molar-refractivity contribution in [2.45, 2.75) is 52.5 Å². The molecule has 1 aliphatic rings. The van der Waals surface area contributed by atoms with E-state index in [4.69, 9.17) is 20.9 Å². The summed E-state index contributed by atoms with van der Waals surface area (Å²) >= 11 is 5.97. The Morgan fingerprint density at radius 1 is 1.33 bits per heavy atom. The summed E-state index contributed by atoms with van der Waals surface area (Å²) in [6, 6.07) is 7.45. The topological polar surface area (TPSA) is 55.6 Å². The van der Waals surface area contributed by atoms with Gasteiger partial charge in [-0.15, -0.1) is 0 Å². The Morgan fingerprint density at radius 3 is 2.81 bits per heavy atom. The van der Waals surface area contributed by atoms with Gasteiger partial charge in [-0.3, -0.25) is 0 Å². The molecule has 0 spiro atoms. The van der Waals surface area contributed by atoms with Gasteiger partial charge in [0, 0.05) is 29.1 Å². The second-order valence-electron chi connectivity index (χ2n) is 7.11. The van der Waals surface area contributed by atoms with Gasteiger partial charge < -0.3 is 14.2 Å². The molecule has 3 rings (SSSR count). The molecule has 2 aromatic rings. The van der Waals surface area contributed by atoms with Gasteiger partial charge in [-0.1, -0.05) is 49.9 Å². The molecule has 5 nitrogen and oxygen atoms in total. The van der Waals surface area contributed by atoms with Crippen LogP contribution in [0.15, 0.2) is 28.8 Å². The maximum atomic E-state index is 12.6. The normalized spacial score (nSPS) is 14.7. The van der Waals surface area contributed by atoms with Crippen LogP contribution in [0.1, 0.15) is 50.8 Å². The van der Waals surface area contributed by atoms with Gasteiger partial charge >= 0.3 is 6.09 Å². The second kappa shape index (κ2) is 9.27. The number of aromatic nitrogens is 1. The molecule has 0 saturated heterocycles. The molecule has 27 heavy (non-hydrogen) atoms. The van der Waals surface area contributed by atoms with Crippen LogP contribution in [0.2, 0.25) is 5.02 Å². The molecule has 2 heterocycles. The highest BCUT2D eigenvalue weighted by molar-refractivity contribution is 6.30. The van der Waals surface area contributed by atoms with E-state index in [1.807, 2.05) is 24.3 Å². The van der Waals surface area contributed by atoms with Crippen molar-refractivity contribution in [3.63, 3.8) is 0 Å². The molecule has 1 aromatic heterocycles. The van der Waals surface area contributed by atoms with Crippen LogP contribution in [0.3, 0.4) is 0 Å². The molecule has 146 valence electrons. The standard InChI is InChI=1S/C21H27ClN2O3/c1-3-5-6-15(4-2)14-26-21(25)24-12-11-19-18(13-24)20(27-23-19)16-7-9-17(22)10-8-16/h7-10,15H,3-6,11-14H2,1-2H3. The zero-order chi connectivity index (χ0) is 19.2. The van der Waals surface area contributed by atoms with Gasteiger partial charge in [0.1, 0.15) is 0 Å². The fraction of sp³-hybridized carbons (Fsp3) is 0.524. The van der Waals surface area contributed by atoms with E-state index in [1.165, 1.54) is 12.8 Å². The Balaban J connectivity index is 1.64. The van der Waals surface area contributed by atoms with E-state index in [1.54, 1.807) is 4.90 Å². The largest absolute Gasteiger partial charge is 0.449 e. The van der Waals surface area contributed by atoms with Crippen LogP contribution in [0.25, 0.3) is 11.3 Å². The van der Waals surface area contributed by atoms with Crippen molar-refractivity contribution in [3.8, 4) is 11.3 Å². The van der Waals surface area contributed by atoms with E-state index in [2.05, 4.69) is 19.0 Å². The first-order valence-electron chi connectivity index (χ1n) is 9.77. The predicted molar refractivity (Wildman–Crippen MR) is 106 cm³/mol. The Kier molecular flexibility index (Phi) is 6.78. The number of halogens is 1. The number of ether oxygens (including phenoxy) is 1. The van der Waals surface area contributed by atoms with Crippen LogP contribution < -0.4 is 0 Å². The van der Waals surface area contributed by atoms with Crippen LogP contribution in [-0.4, -0.2) is 29.3 Å². The summed E-state index contributed by atoms with van der Waals surface area (Å²) in [5.41, 5.74) is 2.78. The minimum atomic E-state index is -0.251. The van der Waals surface area contributed by atoms with Crippen LogP contribution in [0.4, 0.5) is 4.79 Å². The summed E-state index contributed by atoms with van der Waals surface area (Å²) in [4.78, 5) is 14.3. The molecule has 0 radical (unpaired) electrons. The summed E-state index contributed by atoms with van der Waals surface area (Å²) in [5.74, 6) is 1.14. The summed E-state index contributed by atoms with van der Waals surface area (Å²) < 4.78 is 11.2. The molecule has 1 aromatic carbocycles. The van der Waals surface area contributed by atoms with Gasteiger partial charge in [-0.2, -0.15) is 0 Å². The number of nitrogens with zero attached hydrogens (tertiary/aromatic N) is 2. The number of fused-ring (bicyclic) bond motifs is 1. The first-order valence-corrected chi connectivity index (χ1v) is 10.1. The highest BCUT2D eigenvalue weighted by Crippen LogP contribution is 2.31. The maximum Gasteiger partial charge on any atom is 0.410 e. The van der Waals surface area contributed by atoms with Crippen molar-refractivity contribution in [1.82, 2.24) is 10.1 Å². The van der Waals surface area contributed by atoms with Crippen molar-refractivity contribution >= 4 is 17.7 Å². The number of unbranched alkanes of at least 4 members (excludes halogenated alkanes) is 1. The van der Waals surface area contributed by atoms with Crippen molar-refractivity contribution in [2.75, 3.05) is 13.2 Å². The number of hydrogen-bond donors (Lipinski definition) is 0. The van der Waals surface area contributed by atoms with Gasteiger partial charge in [0.15, 0.2) is 5.76 Å². The Bertz CT molecular complexity index is 757. The van der Waals surface area contributed by atoms with Crippen LogP contribution in [-0.2, 0) is 17.7 Å². The number of benzene rings is 1. The van der Waals surface area contributed by atoms with Gasteiger partial charge in [-0.05, 0) is 36.6 Å². The van der Waals surface area contributed by atoms with Crippen molar-refractivity contribution in [2.24, 2.45) is 5.92 Å². The molecule has 0 aliphatic carbocycles. The second-order valence-corrected chi connectivity index (χ2v) is 7.55. The molecule has 1 unspecified atom stereocenters. The van der Waals surface area contributed by atoms with E-state index in [0.717, 1.165) is 29.7 Å². The number of amides is 1. The average molecular weight is 391 g/mol. The fourth-order valence-electron chi connectivity index (χ4n) is 3.37. The molecular formula is C21H27ClN2O3. The predicted octanol–water partition coefficient (Wildman–Crippen LogP) is 5.71. The van der Waals surface area contributed by atoms with Crippen molar-refractivity contribution in [1.29, 1.82) is 0 Å². The fourth-order valence-corrected chi connectivity index (χ4v) is 3.50. The highest BCUT2D eigenvalue weighted by atomic mass is 35.5. The van der Waals surface area contributed by atoms with Gasteiger partial charge in [-0.25, -0.2) is 4.79 Å². The number of carbonyl (C=O) groups is 1. The molecule has 1 amide bonds. The van der Waals surface area contributed by atoms with Gasteiger partial charge in [0.05, 0.1) is 18.8 Å². The van der Waals surface area contributed by atoms with Gasteiger partial charge in [0.25, 0.3) is 0 Å². The van der Waals surface area contributed by atoms with E-state index < -0.39 is 0 Å². The molecule has 0 fully saturated rings. The first-order chi connectivity index (χ1) is 13.1. The number of carbonyl (C=O) groups excluding carboxylic acids is 1. The third-order valence-corrected chi connectivity index (χ3v) is 5.44. The van der Waals surface area contributed by atoms with E-state index >= 15 is 0 Å². The third-order valence-electron chi connectivity index (χ3n) is 5.19. The summed E-state index contributed by atoms with van der Waals surface area (Å²) in [6.45, 7) is 5.88. The van der Waals surface area contributed by atoms with Crippen LogP contribution in [0, 0.1) is 5.92 Å². The van der Waals surface area contributed by atoms with Crippen LogP contribution in [0.5, 0.6) is 0 Å². The smallest absolute Gasteiger partial charge is 0.410 e. The lowest BCUT2D eigenvalue weighted by Crippen LogP contribution is -2.37. The van der Waals surface area contributed by atoms with E-state index in [0.29, 0.717) is 42.8 Å². The lowest BCUT2D eigenvalue weighted by molar-refractivity contribution is 0.0809. The molecule has 0 N–H and O–H groups in total. The zero-order valence-electron chi connectivity index (χ0n) is 16.0. The molecule has 0 saturated carbocycles. The zero-order valence-corrected chi connectivity index (χ0v) is 16.8. The number of hydrogen-bond acceptors (Lipinski definition) is 4. The Labute approximate surface area is 165 Å². The van der Waals surface area contributed by atoms with Gasteiger partial charge in [0.2, 0.25) is 0 Å². The molecule has 1 aliphatic heterocycles. The minimum Gasteiger partial charge on any atom is -0.449 e. The molecule has 6 heteroatoms. The minimum absolute atomic E-state index is 0.251. The molecule has 0 bridgehead atoms. The highest BCUT2D eigenvalue weighted by Gasteiger charge is 2.28. The summed E-state index contributed by atoms with van der Waals surface area (Å²) in [5, 5.41) is 4.86. The molecule has 1 atom stereocenters. The van der Waals surface area contributed by atoms with E-state index in [-0.39, 0.29) is 6.09 Å². The first kappa shape index (κ1) is 19.7. The monoisotopic (exact) mass is 390 g/mol. The summed E-state index contributed by atoms with van der Waals surface area (Å²) in [7, 11) is 0. The van der Waals surface area contributed by atoms with Crippen LogP contribution >= 0.6 is 11.6 Å². The Morgan fingerprint density at radius 2 is 2.11 bits per heavy atom.